The molecule has 0 fully saturated rings. The monoisotopic (exact) mass is 1410 g/mol. The Morgan fingerprint density at radius 1 is 0.217 bits per heavy atom. The third-order valence-electron chi connectivity index (χ3n) is 20.0. The smallest absolute Gasteiger partial charge is 0.164 e. The van der Waals surface area contributed by atoms with E-state index in [2.05, 4.69) is 218 Å². The largest absolute Gasteiger partial charge is 0.456 e. The van der Waals surface area contributed by atoms with Crippen LogP contribution in [0, 0.1) is 0 Å². The Morgan fingerprint density at radius 2 is 0.623 bits per heavy atom. The fourth-order valence-corrected chi connectivity index (χ4v) is 18.0. The van der Waals surface area contributed by atoms with Gasteiger partial charge in [-0.2, -0.15) is 0 Å². The first kappa shape index (κ1) is 61.4. The summed E-state index contributed by atoms with van der Waals surface area (Å²) in [7, 11) is 0. The lowest BCUT2D eigenvalue weighted by molar-refractivity contribution is 0.668. The van der Waals surface area contributed by atoms with Gasteiger partial charge in [-0.05, 0) is 142 Å². The van der Waals surface area contributed by atoms with Crippen molar-refractivity contribution in [3.63, 3.8) is 0 Å². The van der Waals surface area contributed by atoms with Crippen molar-refractivity contribution in [2.75, 3.05) is 0 Å². The fraction of sp³-hybridized carbons (Fsp3) is 0.0108. The van der Waals surface area contributed by atoms with Gasteiger partial charge in [0.15, 0.2) is 34.9 Å². The quantitative estimate of drug-likeness (QED) is 0.130. The van der Waals surface area contributed by atoms with Gasteiger partial charge in [-0.1, -0.05) is 224 Å². The number of benzene rings is 14. The Kier molecular flexibility index (Phi) is 14.6. The van der Waals surface area contributed by atoms with Gasteiger partial charge in [0, 0.05) is 86.2 Å². The molecule has 496 valence electrons. The first-order chi connectivity index (χ1) is 52.4. The minimum absolute atomic E-state index is 0.603. The van der Waals surface area contributed by atoms with E-state index in [4.69, 9.17) is 48.7 Å². The summed E-state index contributed by atoms with van der Waals surface area (Å²) in [5.74, 6) is 3.75. The van der Waals surface area contributed by atoms with Crippen LogP contribution in [-0.4, -0.2) is 39.9 Å². The Morgan fingerprint density at radius 3 is 1.20 bits per heavy atom. The Balaban J connectivity index is 0.000000136. The van der Waals surface area contributed by atoms with E-state index in [9.17, 15) is 0 Å². The average molecular weight is 1410 g/mol. The van der Waals surface area contributed by atoms with Crippen LogP contribution < -0.4 is 0 Å². The van der Waals surface area contributed by atoms with Crippen molar-refractivity contribution in [2.45, 2.75) is 6.42 Å². The van der Waals surface area contributed by atoms with Crippen molar-refractivity contribution < 1.29 is 8.83 Å². The molecule has 0 saturated heterocycles. The van der Waals surface area contributed by atoms with Crippen molar-refractivity contribution >= 4 is 118 Å². The molecule has 7 heterocycles. The van der Waals surface area contributed by atoms with E-state index in [1.54, 1.807) is 34.0 Å². The molecule has 0 unspecified atom stereocenters. The van der Waals surface area contributed by atoms with E-state index in [-0.39, 0.29) is 0 Å². The number of furan rings is 2. The van der Waals surface area contributed by atoms with Crippen LogP contribution in [0.2, 0.25) is 0 Å². The van der Waals surface area contributed by atoms with E-state index in [0.717, 1.165) is 143 Å². The highest BCUT2D eigenvalue weighted by atomic mass is 32.1. The van der Waals surface area contributed by atoms with Crippen molar-refractivity contribution in [2.24, 2.45) is 0 Å². The molecule has 106 heavy (non-hydrogen) atoms. The fourth-order valence-electron chi connectivity index (χ4n) is 14.9. The zero-order valence-corrected chi connectivity index (χ0v) is 58.8. The summed E-state index contributed by atoms with van der Waals surface area (Å²) in [5.41, 5.74) is 22.6. The maximum atomic E-state index is 6.58. The number of hydrogen-bond acceptors (Lipinski definition) is 13. The van der Waals surface area contributed by atoms with E-state index in [0.29, 0.717) is 34.9 Å². The van der Waals surface area contributed by atoms with Gasteiger partial charge < -0.3 is 8.83 Å². The summed E-state index contributed by atoms with van der Waals surface area (Å²) in [5, 5.41) is 8.38. The lowest BCUT2D eigenvalue weighted by Gasteiger charge is -2.10. The molecule has 10 nitrogen and oxygen atoms in total. The highest BCUT2D eigenvalue weighted by Gasteiger charge is 2.25. The van der Waals surface area contributed by atoms with E-state index >= 15 is 0 Å². The van der Waals surface area contributed by atoms with Gasteiger partial charge in [0.2, 0.25) is 0 Å². The number of rotatable bonds is 10. The number of hydrogen-bond donors (Lipinski definition) is 0. The first-order valence-corrected chi connectivity index (χ1v) is 37.5. The Labute approximate surface area is 618 Å². The molecule has 0 atom stereocenters. The molecule has 1 aliphatic carbocycles. The third-order valence-corrected chi connectivity index (χ3v) is 23.3. The molecule has 21 aromatic rings. The topological polar surface area (TPSA) is 129 Å². The normalized spacial score (nSPS) is 11.9. The predicted molar refractivity (Wildman–Crippen MR) is 436 cm³/mol. The van der Waals surface area contributed by atoms with Crippen LogP contribution in [0.5, 0.6) is 0 Å². The number of fused-ring (bicyclic) bond motifs is 14. The van der Waals surface area contributed by atoms with Crippen LogP contribution in [0.1, 0.15) is 11.1 Å². The second-order valence-corrected chi connectivity index (χ2v) is 29.6. The molecule has 14 aromatic carbocycles. The van der Waals surface area contributed by atoms with Gasteiger partial charge in [0.05, 0.1) is 20.4 Å². The van der Waals surface area contributed by atoms with Gasteiger partial charge in [0.1, 0.15) is 32.3 Å². The number of thiazole rings is 2. The summed E-state index contributed by atoms with van der Waals surface area (Å²) in [4.78, 5) is 40.6. The molecule has 0 aliphatic heterocycles. The molecule has 7 aromatic heterocycles. The summed E-state index contributed by atoms with van der Waals surface area (Å²) in [6.07, 6.45) is 0.940. The number of nitrogens with zero attached hydrogens (tertiary/aromatic N) is 8. The molecule has 0 saturated carbocycles. The van der Waals surface area contributed by atoms with Gasteiger partial charge >= 0.3 is 0 Å². The molecule has 1 aliphatic rings. The predicted octanol–water partition coefficient (Wildman–Crippen LogP) is 25.4. The molecule has 0 radical (unpaired) electrons. The van der Waals surface area contributed by atoms with Crippen molar-refractivity contribution in [1.82, 2.24) is 39.9 Å². The third kappa shape index (κ3) is 10.8. The lowest BCUT2D eigenvalue weighted by Crippen LogP contribution is -2.00. The van der Waals surface area contributed by atoms with Crippen LogP contribution >= 0.6 is 34.0 Å². The molecule has 0 amide bonds. The van der Waals surface area contributed by atoms with Gasteiger partial charge in [-0.3, -0.25) is 0 Å². The standard InChI is InChI=1S/C47H28N4OS.C46H26N4OS2/c1-2-10-28(11-3-1)44-49-45(33-21-20-32-25-31-12-4-5-15-35(31)38(32)26-33)51-46(50-44)37-16-9-18-40-43(37)36-23-22-30(27-41(36)52-40)29-13-8-14-34(24-29)47-48-39-17-6-7-19-42(39)53-47;1-2-11-27(12-3-1)43-48-44(50-45(49-43)34-17-10-22-40-42(34)32-15-4-6-20-38(32)52-40)33-16-9-19-36-41(33)31-24-23-29(26-37(31)51-36)28-13-8-14-30(25-28)46-47-35-18-5-7-21-39(35)53-46/h1-24,26-27H,25H2;1-26H. The maximum Gasteiger partial charge on any atom is 0.164 e. The molecular formula is C93H54N8O2S3. The average Bonchev–Trinajstić information content (AvgIpc) is 1.56. The SMILES string of the molecule is c1ccc(-c2nc(-c3ccc4c(c3)-c3ccccc3C4)nc(-c3cccc4oc5cc(-c6cccc(-c7nc8ccccc8s7)c6)ccc5c34)n2)cc1.c1ccc(-c2nc(-c3cccc4oc5cc(-c6cccc(-c7nc8ccccc8s7)c6)ccc5c34)nc(-c3cccc4sc5ccccc5c34)n2)cc1. The van der Waals surface area contributed by atoms with E-state index in [1.807, 2.05) is 97.1 Å². The van der Waals surface area contributed by atoms with Crippen LogP contribution in [0.4, 0.5) is 0 Å². The molecule has 0 bridgehead atoms. The number of para-hydroxylation sites is 2. The van der Waals surface area contributed by atoms with Gasteiger partial charge in [0.25, 0.3) is 0 Å². The van der Waals surface area contributed by atoms with Crippen LogP contribution in [0.15, 0.2) is 324 Å². The van der Waals surface area contributed by atoms with E-state index < -0.39 is 0 Å². The zero-order chi connectivity index (χ0) is 69.8. The first-order valence-electron chi connectivity index (χ1n) is 35.0. The molecule has 0 N–H and O–H groups in total. The number of aromatic nitrogens is 8. The summed E-state index contributed by atoms with van der Waals surface area (Å²) in [6.45, 7) is 0. The maximum absolute atomic E-state index is 6.58. The van der Waals surface area contributed by atoms with Gasteiger partial charge in [-0.25, -0.2) is 39.9 Å². The highest BCUT2D eigenvalue weighted by molar-refractivity contribution is 7.26. The molecule has 13 heteroatoms. The second kappa shape index (κ2) is 25.3. The minimum atomic E-state index is 0.603. The number of thiophene rings is 1. The van der Waals surface area contributed by atoms with E-state index in [1.165, 1.54) is 46.4 Å². The highest BCUT2D eigenvalue weighted by Crippen LogP contribution is 2.46. The molecule has 0 spiro atoms. The Bertz CT molecular complexity index is 7030. The van der Waals surface area contributed by atoms with Crippen LogP contribution in [-0.2, 0) is 6.42 Å². The van der Waals surface area contributed by atoms with Gasteiger partial charge in [-0.15, -0.1) is 34.0 Å². The Hall–Kier alpha value is -13.3. The zero-order valence-electron chi connectivity index (χ0n) is 56.3. The summed E-state index contributed by atoms with van der Waals surface area (Å²) < 4.78 is 18.0. The van der Waals surface area contributed by atoms with Crippen LogP contribution in [0.3, 0.4) is 0 Å². The van der Waals surface area contributed by atoms with Crippen molar-refractivity contribution in [1.29, 1.82) is 0 Å². The van der Waals surface area contributed by atoms with Crippen molar-refractivity contribution in [3.05, 3.63) is 327 Å². The summed E-state index contributed by atoms with van der Waals surface area (Å²) >= 11 is 5.22. The van der Waals surface area contributed by atoms with Crippen LogP contribution in [0.25, 0.3) is 207 Å². The summed E-state index contributed by atoms with van der Waals surface area (Å²) in [6, 6.07) is 109. The second-order valence-electron chi connectivity index (χ2n) is 26.4. The lowest BCUT2D eigenvalue weighted by atomic mass is 10.00. The molecule has 22 rings (SSSR count). The molecular weight excluding hydrogens is 1360 g/mol. The minimum Gasteiger partial charge on any atom is -0.456 e. The van der Waals surface area contributed by atoms with Crippen molar-refractivity contribution in [3.8, 4) is 123 Å².